The summed E-state index contributed by atoms with van der Waals surface area (Å²) in [7, 11) is 0. The van der Waals surface area contributed by atoms with Gasteiger partial charge in [-0.3, -0.25) is 24.1 Å². The van der Waals surface area contributed by atoms with Gasteiger partial charge in [-0.15, -0.1) is 0 Å². The Kier molecular flexibility index (Phi) is 10.9. The van der Waals surface area contributed by atoms with Gasteiger partial charge in [0.25, 0.3) is 11.8 Å². The molecule has 0 unspecified atom stereocenters. The highest BCUT2D eigenvalue weighted by atomic mass is 19.1. The average molecular weight is 667 g/mol. The average Bonchev–Trinajstić information content (AvgIpc) is 3.60. The lowest BCUT2D eigenvalue weighted by Crippen LogP contribution is -2.58. The largest absolute Gasteiger partial charge is 0.345 e. The molecule has 256 valence electrons. The van der Waals surface area contributed by atoms with Crippen LogP contribution in [-0.2, 0) is 25.7 Å². The number of amides is 4. The van der Waals surface area contributed by atoms with Crippen LogP contribution in [0.5, 0.6) is 0 Å². The van der Waals surface area contributed by atoms with Crippen molar-refractivity contribution in [3.05, 3.63) is 89.9 Å². The highest BCUT2D eigenvalue weighted by Crippen LogP contribution is 2.39. The van der Waals surface area contributed by atoms with Crippen molar-refractivity contribution in [3.8, 4) is 11.3 Å². The molecule has 0 bridgehead atoms. The number of nitrogens with two attached hydrogens (primary N) is 1. The second-order valence-electron chi connectivity index (χ2n) is 13.4. The van der Waals surface area contributed by atoms with Gasteiger partial charge in [-0.2, -0.15) is 0 Å². The number of nitrogens with zero attached hydrogens (tertiary/aromatic N) is 4. The number of halogens is 3. The first-order valence-corrected chi connectivity index (χ1v) is 15.6. The molecule has 10 nitrogen and oxygen atoms in total. The Balaban J connectivity index is 1.76. The minimum atomic E-state index is -1.61. The summed E-state index contributed by atoms with van der Waals surface area (Å²) in [5.74, 6) is -3.62. The summed E-state index contributed by atoms with van der Waals surface area (Å²) in [6, 6.07) is 10.7. The molecule has 0 saturated carbocycles. The Hall–Kier alpha value is -4.78. The van der Waals surface area contributed by atoms with Crippen LogP contribution in [0.25, 0.3) is 11.3 Å². The van der Waals surface area contributed by atoms with Gasteiger partial charge < -0.3 is 20.5 Å². The van der Waals surface area contributed by atoms with Crippen LogP contribution in [0.1, 0.15) is 58.5 Å². The van der Waals surface area contributed by atoms with Crippen LogP contribution in [-0.4, -0.2) is 74.3 Å². The van der Waals surface area contributed by atoms with Crippen LogP contribution in [0.4, 0.5) is 13.2 Å². The monoisotopic (exact) mass is 666 g/mol. The lowest BCUT2D eigenvalue weighted by Gasteiger charge is -2.40. The van der Waals surface area contributed by atoms with E-state index in [0.717, 1.165) is 40.8 Å². The Labute approximate surface area is 277 Å². The zero-order valence-electron chi connectivity index (χ0n) is 27.7. The number of rotatable bonds is 13. The standard InChI is InChI=1S/C35H41F3N6O4/c1-34(2,3)31(32-41-27(25-17-23(37)11-12-26(25)38)21-42(32)20-22-9-7-6-8-10-22)43(16-15-24(39)18-36)30(47)19-40-33(48)35(4,5)44-28(45)13-14-29(44)46/h6-14,17,21,24,31H,15-16,18-20,39H2,1-5H3,(H,40,48)/t24-,31+/m1/s1. The molecule has 0 radical (unpaired) electrons. The van der Waals surface area contributed by atoms with Gasteiger partial charge in [0.2, 0.25) is 11.8 Å². The summed E-state index contributed by atoms with van der Waals surface area (Å²) in [5.41, 5.74) is 4.53. The van der Waals surface area contributed by atoms with Crippen LogP contribution in [0.3, 0.4) is 0 Å². The van der Waals surface area contributed by atoms with Crippen LogP contribution >= 0.6 is 0 Å². The fourth-order valence-corrected chi connectivity index (χ4v) is 5.68. The van der Waals surface area contributed by atoms with Crippen LogP contribution in [0, 0.1) is 17.0 Å². The molecular formula is C35H41F3N6O4. The Morgan fingerprint density at radius 2 is 1.65 bits per heavy atom. The predicted octanol–water partition coefficient (Wildman–Crippen LogP) is 4.30. The van der Waals surface area contributed by atoms with Crippen molar-refractivity contribution in [3.63, 3.8) is 0 Å². The van der Waals surface area contributed by atoms with Crippen LogP contribution in [0.15, 0.2) is 66.9 Å². The van der Waals surface area contributed by atoms with Gasteiger partial charge in [0.05, 0.1) is 18.3 Å². The van der Waals surface area contributed by atoms with E-state index in [1.165, 1.54) is 18.7 Å². The zero-order valence-corrected chi connectivity index (χ0v) is 27.7. The van der Waals surface area contributed by atoms with E-state index in [9.17, 15) is 28.0 Å². The van der Waals surface area contributed by atoms with E-state index >= 15 is 4.39 Å². The highest BCUT2D eigenvalue weighted by Gasteiger charge is 2.44. The second kappa shape index (κ2) is 14.5. The zero-order chi connectivity index (χ0) is 35.4. The normalized spacial score (nSPS) is 14.7. The summed E-state index contributed by atoms with van der Waals surface area (Å²) in [6.45, 7) is 7.27. The predicted molar refractivity (Wildman–Crippen MR) is 174 cm³/mol. The number of carbonyl (C=O) groups is 4. The van der Waals surface area contributed by atoms with Gasteiger partial charge in [0, 0.05) is 43.0 Å². The Bertz CT molecular complexity index is 1680. The number of hydrogen-bond donors (Lipinski definition) is 2. The number of imide groups is 1. The molecule has 0 aliphatic carbocycles. The van der Waals surface area contributed by atoms with Crippen LogP contribution < -0.4 is 11.1 Å². The van der Waals surface area contributed by atoms with Gasteiger partial charge >= 0.3 is 0 Å². The Morgan fingerprint density at radius 1 is 1.00 bits per heavy atom. The molecule has 0 spiro atoms. The summed E-state index contributed by atoms with van der Waals surface area (Å²) >= 11 is 0. The summed E-state index contributed by atoms with van der Waals surface area (Å²) in [6.07, 6.45) is 3.79. The van der Waals surface area contributed by atoms with E-state index in [2.05, 4.69) is 5.32 Å². The van der Waals surface area contributed by atoms with E-state index in [1.54, 1.807) is 10.8 Å². The van der Waals surface area contributed by atoms with E-state index in [0.29, 0.717) is 5.82 Å². The first kappa shape index (κ1) is 36.1. The molecule has 4 rings (SSSR count). The minimum Gasteiger partial charge on any atom is -0.345 e. The lowest BCUT2D eigenvalue weighted by molar-refractivity contribution is -0.150. The molecule has 3 N–H and O–H groups in total. The SMILES string of the molecule is CC(C)(C)[C@H](c1nc(-c2cc(F)ccc2F)cn1Cc1ccccc1)N(CC[C@@H](N)CF)C(=O)CNC(=O)C(C)(C)N1C(=O)C=CC1=O. The molecule has 0 saturated heterocycles. The molecular weight excluding hydrogens is 625 g/mol. The molecule has 1 aliphatic heterocycles. The van der Waals surface area contributed by atoms with Crippen molar-refractivity contribution in [2.24, 2.45) is 11.1 Å². The third kappa shape index (κ3) is 8.01. The molecule has 13 heteroatoms. The number of benzene rings is 2. The molecule has 3 aromatic rings. The molecule has 1 aromatic heterocycles. The number of carbonyl (C=O) groups excluding carboxylic acids is 4. The molecule has 2 aromatic carbocycles. The van der Waals surface area contributed by atoms with Crippen molar-refractivity contribution >= 4 is 23.6 Å². The molecule has 0 fully saturated rings. The summed E-state index contributed by atoms with van der Waals surface area (Å²) in [5, 5.41) is 2.55. The molecule has 2 atom stereocenters. The Morgan fingerprint density at radius 3 is 2.25 bits per heavy atom. The number of hydrogen-bond acceptors (Lipinski definition) is 6. The van der Waals surface area contributed by atoms with Gasteiger partial charge in [-0.1, -0.05) is 51.1 Å². The number of alkyl halides is 1. The fourth-order valence-electron chi connectivity index (χ4n) is 5.68. The molecule has 2 heterocycles. The van der Waals surface area contributed by atoms with E-state index in [1.807, 2.05) is 51.1 Å². The van der Waals surface area contributed by atoms with Crippen molar-refractivity contribution in [2.75, 3.05) is 19.8 Å². The van der Waals surface area contributed by atoms with Crippen molar-refractivity contribution in [1.82, 2.24) is 24.7 Å². The topological polar surface area (TPSA) is 131 Å². The third-order valence-corrected chi connectivity index (χ3v) is 8.17. The highest BCUT2D eigenvalue weighted by molar-refractivity contribution is 6.16. The van der Waals surface area contributed by atoms with Crippen molar-refractivity contribution in [2.45, 2.75) is 65.2 Å². The van der Waals surface area contributed by atoms with Gasteiger partial charge in [0.1, 0.15) is 29.7 Å². The molecule has 1 aliphatic rings. The smallest absolute Gasteiger partial charge is 0.254 e. The molecule has 48 heavy (non-hydrogen) atoms. The number of nitrogens with one attached hydrogen (secondary N) is 1. The number of imidazole rings is 1. The minimum absolute atomic E-state index is 0.0278. The summed E-state index contributed by atoms with van der Waals surface area (Å²) in [4.78, 5) is 59.0. The van der Waals surface area contributed by atoms with Crippen molar-refractivity contribution < 1.29 is 32.3 Å². The van der Waals surface area contributed by atoms with Gasteiger partial charge in [-0.25, -0.2) is 18.2 Å². The van der Waals surface area contributed by atoms with E-state index in [-0.39, 0.29) is 30.8 Å². The van der Waals surface area contributed by atoms with Gasteiger partial charge in [0.15, 0.2) is 0 Å². The number of aromatic nitrogens is 2. The maximum atomic E-state index is 15.0. The van der Waals surface area contributed by atoms with E-state index < -0.39 is 71.5 Å². The maximum Gasteiger partial charge on any atom is 0.254 e. The summed E-state index contributed by atoms with van der Waals surface area (Å²) < 4.78 is 44.6. The molecule has 4 amide bonds. The first-order valence-electron chi connectivity index (χ1n) is 15.6. The fraction of sp³-hybridized carbons (Fsp3) is 0.400. The third-order valence-electron chi connectivity index (χ3n) is 8.17. The maximum absolute atomic E-state index is 15.0. The van der Waals surface area contributed by atoms with Crippen molar-refractivity contribution in [1.29, 1.82) is 0 Å². The lowest BCUT2D eigenvalue weighted by atomic mass is 9.84. The van der Waals surface area contributed by atoms with Gasteiger partial charge in [-0.05, 0) is 49.4 Å². The first-order chi connectivity index (χ1) is 22.5. The van der Waals surface area contributed by atoms with E-state index in [4.69, 9.17) is 10.7 Å². The van der Waals surface area contributed by atoms with Crippen LogP contribution in [0.2, 0.25) is 0 Å². The second-order valence-corrected chi connectivity index (χ2v) is 13.4. The quantitative estimate of drug-likeness (QED) is 0.262.